The standard InChI is InChI=1S/C25H23ClFNO5/c1-14-3-5-17(8-19(14)27)32-10-16(29)9-24-11-25(12-24,13-24)28-22(31)23(2)21(30)18-7-15(26)4-6-20(18)33-23/h3-8H,9-13H2,1-2H3,(H,28,31)/t23-,24?,25?/m0/s1. The van der Waals surface area contributed by atoms with Crippen molar-refractivity contribution in [2.75, 3.05) is 6.61 Å². The molecular formula is C25H23ClFNO5. The predicted molar refractivity (Wildman–Crippen MR) is 118 cm³/mol. The first-order chi connectivity index (χ1) is 15.5. The van der Waals surface area contributed by atoms with E-state index in [1.165, 1.54) is 19.1 Å². The van der Waals surface area contributed by atoms with Crippen molar-refractivity contribution in [2.24, 2.45) is 5.41 Å². The minimum atomic E-state index is -1.64. The highest BCUT2D eigenvalue weighted by molar-refractivity contribution is 6.31. The van der Waals surface area contributed by atoms with Gasteiger partial charge in [0.2, 0.25) is 11.4 Å². The molecule has 3 fully saturated rings. The number of Topliss-reactive ketones (excluding diaryl/α,β-unsaturated/α-hetero) is 2. The predicted octanol–water partition coefficient (Wildman–Crippen LogP) is 4.20. The van der Waals surface area contributed by atoms with Crippen molar-refractivity contribution >= 4 is 29.1 Å². The zero-order valence-corrected chi connectivity index (χ0v) is 19.1. The van der Waals surface area contributed by atoms with E-state index in [2.05, 4.69) is 5.32 Å². The third kappa shape index (κ3) is 3.59. The lowest BCUT2D eigenvalue weighted by molar-refractivity contribution is -0.176. The van der Waals surface area contributed by atoms with Crippen molar-refractivity contribution in [3.05, 3.63) is 58.4 Å². The maximum Gasteiger partial charge on any atom is 0.272 e. The number of ether oxygens (including phenoxy) is 2. The molecule has 1 aliphatic heterocycles. The van der Waals surface area contributed by atoms with Crippen molar-refractivity contribution in [3.63, 3.8) is 0 Å². The molecule has 0 unspecified atom stereocenters. The number of benzene rings is 2. The van der Waals surface area contributed by atoms with Crippen LogP contribution in [0.3, 0.4) is 0 Å². The normalized spacial score (nSPS) is 28.8. The van der Waals surface area contributed by atoms with E-state index in [-0.39, 0.29) is 23.6 Å². The number of carbonyl (C=O) groups is 3. The van der Waals surface area contributed by atoms with E-state index in [1.54, 1.807) is 31.2 Å². The Morgan fingerprint density at radius 1 is 1.18 bits per heavy atom. The van der Waals surface area contributed by atoms with Gasteiger partial charge < -0.3 is 14.8 Å². The molecule has 6 nitrogen and oxygen atoms in total. The van der Waals surface area contributed by atoms with Gasteiger partial charge in [0.05, 0.1) is 5.56 Å². The Bertz CT molecular complexity index is 1190. The number of ketones is 2. The molecule has 2 bridgehead atoms. The summed E-state index contributed by atoms with van der Waals surface area (Å²) >= 11 is 5.97. The first-order valence-electron chi connectivity index (χ1n) is 10.8. The third-order valence-corrected chi connectivity index (χ3v) is 7.24. The lowest BCUT2D eigenvalue weighted by atomic mass is 9.38. The second kappa shape index (κ2) is 7.29. The van der Waals surface area contributed by atoms with Crippen molar-refractivity contribution in [3.8, 4) is 11.5 Å². The summed E-state index contributed by atoms with van der Waals surface area (Å²) < 4.78 is 24.8. The molecule has 1 atom stereocenters. The monoisotopic (exact) mass is 471 g/mol. The van der Waals surface area contributed by atoms with E-state index in [9.17, 15) is 18.8 Å². The zero-order valence-electron chi connectivity index (χ0n) is 18.3. The van der Waals surface area contributed by atoms with Gasteiger partial charge in [0.1, 0.15) is 23.9 Å². The van der Waals surface area contributed by atoms with Gasteiger partial charge in [-0.2, -0.15) is 0 Å². The van der Waals surface area contributed by atoms with Crippen LogP contribution in [0.1, 0.15) is 48.5 Å². The number of amides is 1. The Morgan fingerprint density at radius 2 is 1.91 bits per heavy atom. The highest BCUT2D eigenvalue weighted by atomic mass is 35.5. The summed E-state index contributed by atoms with van der Waals surface area (Å²) in [4.78, 5) is 38.2. The molecule has 1 heterocycles. The summed E-state index contributed by atoms with van der Waals surface area (Å²) in [5.41, 5.74) is -1.38. The molecule has 6 rings (SSSR count). The van der Waals surface area contributed by atoms with Crippen LogP contribution in [0.15, 0.2) is 36.4 Å². The molecule has 4 aliphatic rings. The van der Waals surface area contributed by atoms with E-state index >= 15 is 0 Å². The molecule has 1 N–H and O–H groups in total. The molecule has 3 saturated carbocycles. The third-order valence-electron chi connectivity index (χ3n) is 7.00. The number of carbonyl (C=O) groups excluding carboxylic acids is 3. The molecule has 3 aliphatic carbocycles. The van der Waals surface area contributed by atoms with Crippen molar-refractivity contribution in [1.29, 1.82) is 0 Å². The van der Waals surface area contributed by atoms with Gasteiger partial charge in [-0.15, -0.1) is 0 Å². The van der Waals surface area contributed by atoms with Crippen LogP contribution in [-0.2, 0) is 9.59 Å². The number of nitrogens with one attached hydrogen (secondary N) is 1. The number of hydrogen-bond acceptors (Lipinski definition) is 5. The first-order valence-corrected chi connectivity index (χ1v) is 11.2. The quantitative estimate of drug-likeness (QED) is 0.612. The average molecular weight is 472 g/mol. The van der Waals surface area contributed by atoms with Crippen LogP contribution in [0.25, 0.3) is 0 Å². The summed E-state index contributed by atoms with van der Waals surface area (Å²) in [7, 11) is 0. The summed E-state index contributed by atoms with van der Waals surface area (Å²) in [6.07, 6.45) is 2.34. The van der Waals surface area contributed by atoms with Crippen molar-refractivity contribution in [2.45, 2.75) is 50.7 Å². The summed E-state index contributed by atoms with van der Waals surface area (Å²) in [6, 6.07) is 9.21. The Balaban J connectivity index is 1.13. The number of aryl methyl sites for hydroxylation is 1. The fraction of sp³-hybridized carbons (Fsp3) is 0.400. The molecule has 1 amide bonds. The van der Waals surface area contributed by atoms with Gasteiger partial charge in [0.15, 0.2) is 5.78 Å². The lowest BCUT2D eigenvalue weighted by Gasteiger charge is -2.70. The van der Waals surface area contributed by atoms with Crippen LogP contribution < -0.4 is 14.8 Å². The van der Waals surface area contributed by atoms with Gasteiger partial charge in [-0.3, -0.25) is 14.4 Å². The van der Waals surface area contributed by atoms with E-state index in [0.717, 1.165) is 0 Å². The highest BCUT2D eigenvalue weighted by Crippen LogP contribution is 2.69. The lowest BCUT2D eigenvalue weighted by Crippen LogP contribution is -2.76. The van der Waals surface area contributed by atoms with Crippen LogP contribution in [0, 0.1) is 18.2 Å². The Labute approximate surface area is 195 Å². The van der Waals surface area contributed by atoms with Gasteiger partial charge in [-0.05, 0) is 68.4 Å². The van der Waals surface area contributed by atoms with Crippen LogP contribution in [-0.4, -0.2) is 35.2 Å². The van der Waals surface area contributed by atoms with Crippen LogP contribution in [0.5, 0.6) is 11.5 Å². The number of halogens is 2. The molecule has 0 spiro atoms. The van der Waals surface area contributed by atoms with Gasteiger partial charge in [-0.1, -0.05) is 17.7 Å². The molecule has 0 saturated heterocycles. The molecule has 8 heteroatoms. The molecule has 172 valence electrons. The average Bonchev–Trinajstić information content (AvgIpc) is 2.97. The Kier molecular flexibility index (Phi) is 4.83. The Hall–Kier alpha value is -2.93. The topological polar surface area (TPSA) is 81.7 Å². The molecule has 0 radical (unpaired) electrons. The van der Waals surface area contributed by atoms with E-state index in [4.69, 9.17) is 21.1 Å². The maximum atomic E-state index is 13.6. The second-order valence-corrected chi connectivity index (χ2v) is 10.2. The molecular weight excluding hydrogens is 449 g/mol. The van der Waals surface area contributed by atoms with Gasteiger partial charge in [0, 0.05) is 23.0 Å². The number of rotatable bonds is 7. The SMILES string of the molecule is Cc1ccc(OCC(=O)CC23CC(NC(=O)[C@@]4(C)Oc5ccc(Cl)cc5C4=O)(C2)C3)cc1F. The van der Waals surface area contributed by atoms with Crippen LogP contribution in [0.2, 0.25) is 5.02 Å². The second-order valence-electron chi connectivity index (χ2n) is 9.78. The fourth-order valence-corrected chi connectivity index (χ4v) is 5.59. The highest BCUT2D eigenvalue weighted by Gasteiger charge is 2.69. The van der Waals surface area contributed by atoms with E-state index in [0.29, 0.717) is 53.3 Å². The Morgan fingerprint density at radius 3 is 2.61 bits per heavy atom. The number of hydrogen-bond donors (Lipinski definition) is 1. The molecule has 33 heavy (non-hydrogen) atoms. The summed E-state index contributed by atoms with van der Waals surface area (Å²) in [6.45, 7) is 3.00. The molecule has 2 aromatic rings. The van der Waals surface area contributed by atoms with E-state index in [1.807, 2.05) is 0 Å². The van der Waals surface area contributed by atoms with Crippen LogP contribution >= 0.6 is 11.6 Å². The largest absolute Gasteiger partial charge is 0.486 e. The summed E-state index contributed by atoms with van der Waals surface area (Å²) in [5, 5.41) is 3.39. The first kappa shape index (κ1) is 21.9. The van der Waals surface area contributed by atoms with E-state index < -0.39 is 22.8 Å². The van der Waals surface area contributed by atoms with Gasteiger partial charge in [-0.25, -0.2) is 4.39 Å². The van der Waals surface area contributed by atoms with Crippen LogP contribution in [0.4, 0.5) is 4.39 Å². The minimum Gasteiger partial charge on any atom is -0.486 e. The number of fused-ring (bicyclic) bond motifs is 1. The smallest absolute Gasteiger partial charge is 0.272 e. The maximum absolute atomic E-state index is 13.6. The van der Waals surface area contributed by atoms with Gasteiger partial charge >= 0.3 is 0 Å². The zero-order chi connectivity index (χ0) is 23.6. The molecule has 0 aromatic heterocycles. The van der Waals surface area contributed by atoms with Crippen molar-refractivity contribution in [1.82, 2.24) is 5.32 Å². The fourth-order valence-electron chi connectivity index (χ4n) is 5.42. The van der Waals surface area contributed by atoms with Crippen molar-refractivity contribution < 1.29 is 28.2 Å². The molecule has 2 aromatic carbocycles. The summed E-state index contributed by atoms with van der Waals surface area (Å²) in [5.74, 6) is -0.673. The van der Waals surface area contributed by atoms with Gasteiger partial charge in [0.25, 0.3) is 5.91 Å². The minimum absolute atomic E-state index is 0.0656.